The highest BCUT2D eigenvalue weighted by Gasteiger charge is 2.21. The summed E-state index contributed by atoms with van der Waals surface area (Å²) in [7, 11) is 0. The number of imide groups is 1. The predicted molar refractivity (Wildman–Crippen MR) is 113 cm³/mol. The molecule has 1 atom stereocenters. The molecule has 1 heterocycles. The standard InChI is InChI=1S/C23H24N2O7/c1-15(22(28)25-23(29)24-14-16-5-3-2-4-6-16)32-21(27)10-8-18(26)17-7-9-19-20(13-17)31-12-11-30-19/h2-7,9,13,15H,8,10-12,14H2,1H3,(H2,24,25,28,29). The molecule has 1 aliphatic heterocycles. The molecule has 1 unspecified atom stereocenters. The Hall–Kier alpha value is -3.88. The van der Waals surface area contributed by atoms with Crippen molar-refractivity contribution in [3.63, 3.8) is 0 Å². The summed E-state index contributed by atoms with van der Waals surface area (Å²) in [4.78, 5) is 48.3. The zero-order valence-electron chi connectivity index (χ0n) is 17.6. The number of benzene rings is 2. The van der Waals surface area contributed by atoms with E-state index in [4.69, 9.17) is 14.2 Å². The zero-order valence-corrected chi connectivity index (χ0v) is 17.6. The van der Waals surface area contributed by atoms with Gasteiger partial charge in [0, 0.05) is 18.5 Å². The van der Waals surface area contributed by atoms with E-state index in [0.29, 0.717) is 30.3 Å². The fourth-order valence-corrected chi connectivity index (χ4v) is 2.92. The van der Waals surface area contributed by atoms with Gasteiger partial charge in [-0.2, -0.15) is 0 Å². The molecular weight excluding hydrogens is 416 g/mol. The number of hydrogen-bond donors (Lipinski definition) is 2. The monoisotopic (exact) mass is 440 g/mol. The Balaban J connectivity index is 1.39. The van der Waals surface area contributed by atoms with Crippen LogP contribution in [0.15, 0.2) is 48.5 Å². The first-order valence-electron chi connectivity index (χ1n) is 10.2. The Bertz CT molecular complexity index is 991. The maximum absolute atomic E-state index is 12.4. The van der Waals surface area contributed by atoms with E-state index < -0.39 is 24.0 Å². The number of urea groups is 1. The summed E-state index contributed by atoms with van der Waals surface area (Å²) in [5.74, 6) is -0.693. The first kappa shape index (κ1) is 22.8. The van der Waals surface area contributed by atoms with Gasteiger partial charge in [-0.3, -0.25) is 19.7 Å². The maximum Gasteiger partial charge on any atom is 0.321 e. The van der Waals surface area contributed by atoms with Crippen molar-refractivity contribution in [3.05, 3.63) is 59.7 Å². The second-order valence-electron chi connectivity index (χ2n) is 7.07. The molecule has 0 aliphatic carbocycles. The average molecular weight is 440 g/mol. The van der Waals surface area contributed by atoms with Crippen molar-refractivity contribution < 1.29 is 33.4 Å². The van der Waals surface area contributed by atoms with Crippen LogP contribution in [-0.2, 0) is 20.9 Å². The van der Waals surface area contributed by atoms with E-state index in [9.17, 15) is 19.2 Å². The van der Waals surface area contributed by atoms with Crippen LogP contribution in [0.2, 0.25) is 0 Å². The van der Waals surface area contributed by atoms with Crippen LogP contribution in [0, 0.1) is 0 Å². The van der Waals surface area contributed by atoms with Crippen LogP contribution >= 0.6 is 0 Å². The lowest BCUT2D eigenvalue weighted by molar-refractivity contribution is -0.154. The summed E-state index contributed by atoms with van der Waals surface area (Å²) < 4.78 is 15.9. The van der Waals surface area contributed by atoms with E-state index in [1.54, 1.807) is 18.2 Å². The zero-order chi connectivity index (χ0) is 22.9. The van der Waals surface area contributed by atoms with Crippen LogP contribution in [0.4, 0.5) is 4.79 Å². The van der Waals surface area contributed by atoms with E-state index in [-0.39, 0.29) is 25.2 Å². The number of carbonyl (C=O) groups is 4. The van der Waals surface area contributed by atoms with Crippen molar-refractivity contribution >= 4 is 23.7 Å². The van der Waals surface area contributed by atoms with Gasteiger partial charge in [0.15, 0.2) is 23.4 Å². The molecule has 0 radical (unpaired) electrons. The summed E-state index contributed by atoms with van der Waals surface area (Å²) in [6.45, 7) is 2.45. The molecule has 9 heteroatoms. The lowest BCUT2D eigenvalue weighted by Crippen LogP contribution is -2.44. The normalized spacial score (nSPS) is 12.9. The molecule has 3 amide bonds. The highest BCUT2D eigenvalue weighted by molar-refractivity contribution is 5.99. The number of ether oxygens (including phenoxy) is 3. The third-order valence-corrected chi connectivity index (χ3v) is 4.63. The molecule has 2 N–H and O–H groups in total. The van der Waals surface area contributed by atoms with Gasteiger partial charge in [0.05, 0.1) is 6.42 Å². The van der Waals surface area contributed by atoms with Crippen molar-refractivity contribution in [1.29, 1.82) is 0 Å². The number of ketones is 1. The van der Waals surface area contributed by atoms with Crippen molar-refractivity contribution in [1.82, 2.24) is 10.6 Å². The quantitative estimate of drug-likeness (QED) is 0.478. The summed E-state index contributed by atoms with van der Waals surface area (Å²) in [5, 5.41) is 4.66. The smallest absolute Gasteiger partial charge is 0.321 e. The third kappa shape index (κ3) is 6.56. The molecule has 0 bridgehead atoms. The number of nitrogens with one attached hydrogen (secondary N) is 2. The number of fused-ring (bicyclic) bond motifs is 1. The Morgan fingerprint density at radius 3 is 2.44 bits per heavy atom. The van der Waals surface area contributed by atoms with Crippen molar-refractivity contribution in [2.75, 3.05) is 13.2 Å². The minimum absolute atomic E-state index is 0.0929. The van der Waals surface area contributed by atoms with Gasteiger partial charge in [0.25, 0.3) is 5.91 Å². The second-order valence-corrected chi connectivity index (χ2v) is 7.07. The van der Waals surface area contributed by atoms with Crippen molar-refractivity contribution in [2.45, 2.75) is 32.4 Å². The first-order valence-corrected chi connectivity index (χ1v) is 10.2. The Kier molecular flexibility index (Phi) is 7.80. The number of rotatable bonds is 8. The van der Waals surface area contributed by atoms with Crippen LogP contribution in [0.5, 0.6) is 11.5 Å². The fourth-order valence-electron chi connectivity index (χ4n) is 2.92. The van der Waals surface area contributed by atoms with Crippen LogP contribution in [0.3, 0.4) is 0 Å². The van der Waals surface area contributed by atoms with Gasteiger partial charge in [-0.15, -0.1) is 0 Å². The van der Waals surface area contributed by atoms with E-state index >= 15 is 0 Å². The summed E-state index contributed by atoms with van der Waals surface area (Å²) in [6, 6.07) is 13.3. The number of carbonyl (C=O) groups excluding carboxylic acids is 4. The van der Waals surface area contributed by atoms with E-state index in [1.165, 1.54) is 6.92 Å². The minimum Gasteiger partial charge on any atom is -0.486 e. The second kappa shape index (κ2) is 10.9. The van der Waals surface area contributed by atoms with Crippen molar-refractivity contribution in [3.8, 4) is 11.5 Å². The molecule has 3 rings (SSSR count). The highest BCUT2D eigenvalue weighted by atomic mass is 16.6. The van der Waals surface area contributed by atoms with Gasteiger partial charge in [-0.05, 0) is 30.7 Å². The lowest BCUT2D eigenvalue weighted by atomic mass is 10.1. The van der Waals surface area contributed by atoms with Gasteiger partial charge < -0.3 is 19.5 Å². The molecule has 9 nitrogen and oxygen atoms in total. The molecular formula is C23H24N2O7. The maximum atomic E-state index is 12.4. The molecule has 168 valence electrons. The summed E-state index contributed by atoms with van der Waals surface area (Å²) in [6.07, 6.45) is -1.48. The third-order valence-electron chi connectivity index (χ3n) is 4.63. The minimum atomic E-state index is -1.19. The number of Topliss-reactive ketones (excluding diaryl/α,β-unsaturated/α-hetero) is 1. The van der Waals surface area contributed by atoms with E-state index in [2.05, 4.69) is 10.6 Å². The van der Waals surface area contributed by atoms with Gasteiger partial charge >= 0.3 is 12.0 Å². The Morgan fingerprint density at radius 1 is 0.969 bits per heavy atom. The van der Waals surface area contributed by atoms with E-state index in [0.717, 1.165) is 5.56 Å². The van der Waals surface area contributed by atoms with Crippen LogP contribution < -0.4 is 20.1 Å². The highest BCUT2D eigenvalue weighted by Crippen LogP contribution is 2.31. The molecule has 2 aromatic carbocycles. The molecule has 0 saturated carbocycles. The molecule has 0 aromatic heterocycles. The lowest BCUT2D eigenvalue weighted by Gasteiger charge is -2.18. The Labute approximate surface area is 185 Å². The molecule has 0 fully saturated rings. The largest absolute Gasteiger partial charge is 0.486 e. The molecule has 0 spiro atoms. The van der Waals surface area contributed by atoms with Crippen molar-refractivity contribution in [2.24, 2.45) is 0 Å². The number of amides is 3. The van der Waals surface area contributed by atoms with Crippen LogP contribution in [0.25, 0.3) is 0 Å². The van der Waals surface area contributed by atoms with Crippen LogP contribution in [0.1, 0.15) is 35.7 Å². The first-order chi connectivity index (χ1) is 15.4. The number of hydrogen-bond acceptors (Lipinski definition) is 7. The Morgan fingerprint density at radius 2 is 1.69 bits per heavy atom. The van der Waals surface area contributed by atoms with E-state index in [1.807, 2.05) is 30.3 Å². The summed E-state index contributed by atoms with van der Waals surface area (Å²) >= 11 is 0. The topological polar surface area (TPSA) is 120 Å². The van der Waals surface area contributed by atoms with Crippen LogP contribution in [-0.4, -0.2) is 43.0 Å². The predicted octanol–water partition coefficient (Wildman–Crippen LogP) is 2.38. The molecule has 2 aromatic rings. The van der Waals surface area contributed by atoms with Gasteiger partial charge in [0.2, 0.25) is 0 Å². The van der Waals surface area contributed by atoms with Gasteiger partial charge in [-0.25, -0.2) is 4.79 Å². The molecule has 32 heavy (non-hydrogen) atoms. The fraction of sp³-hybridized carbons (Fsp3) is 0.304. The van der Waals surface area contributed by atoms with Gasteiger partial charge in [-0.1, -0.05) is 30.3 Å². The van der Waals surface area contributed by atoms with Gasteiger partial charge in [0.1, 0.15) is 13.2 Å². The molecule has 1 aliphatic rings. The summed E-state index contributed by atoms with van der Waals surface area (Å²) in [5.41, 5.74) is 1.26. The molecule has 0 saturated heterocycles. The SMILES string of the molecule is CC(OC(=O)CCC(=O)c1ccc2c(c1)OCCO2)C(=O)NC(=O)NCc1ccccc1. The average Bonchev–Trinajstić information content (AvgIpc) is 2.81. The number of esters is 1.